The zero-order chi connectivity index (χ0) is 54.7. The van der Waals surface area contributed by atoms with E-state index in [2.05, 4.69) is 66.0 Å². The van der Waals surface area contributed by atoms with E-state index in [1.807, 2.05) is 121 Å². The van der Waals surface area contributed by atoms with Gasteiger partial charge in [0, 0.05) is 51.4 Å². The molecular formula is C62H76N10O6. The van der Waals surface area contributed by atoms with Crippen LogP contribution in [0.3, 0.4) is 0 Å². The van der Waals surface area contributed by atoms with Gasteiger partial charge >= 0.3 is 0 Å². The maximum absolute atomic E-state index is 14.9. The van der Waals surface area contributed by atoms with Crippen LogP contribution in [0, 0.1) is 0 Å². The molecule has 6 amide bonds. The first-order valence-corrected chi connectivity index (χ1v) is 27.8. The highest BCUT2D eigenvalue weighted by Gasteiger charge is 2.47. The van der Waals surface area contributed by atoms with Crippen molar-refractivity contribution in [2.75, 3.05) is 40.3 Å². The van der Waals surface area contributed by atoms with Gasteiger partial charge in [-0.2, -0.15) is 0 Å². The van der Waals surface area contributed by atoms with E-state index in [1.165, 1.54) is 0 Å². The summed E-state index contributed by atoms with van der Waals surface area (Å²) in [5.41, 5.74) is 5.85. The number of hydrogen-bond acceptors (Lipinski definition) is 10. The number of amides is 6. The molecule has 8 atom stereocenters. The minimum Gasteiger partial charge on any atom is -0.343 e. The third kappa shape index (κ3) is 13.2. The monoisotopic (exact) mass is 1060 g/mol. The van der Waals surface area contributed by atoms with Crippen LogP contribution in [0.5, 0.6) is 0 Å². The predicted octanol–water partition coefficient (Wildman–Crippen LogP) is 4.81. The molecule has 4 fully saturated rings. The summed E-state index contributed by atoms with van der Waals surface area (Å²) < 4.78 is 0. The first-order chi connectivity index (χ1) is 37.9. The molecule has 4 aliphatic heterocycles. The van der Waals surface area contributed by atoms with Crippen LogP contribution in [0.1, 0.15) is 97.8 Å². The number of likely N-dealkylation sites (N-methyl/N-ethyl adjacent to an activating group) is 2. The number of fused-ring (bicyclic) bond motifs is 2. The fourth-order valence-electron chi connectivity index (χ4n) is 11.8. The summed E-state index contributed by atoms with van der Waals surface area (Å²) in [7, 11) is 3.41. The van der Waals surface area contributed by atoms with E-state index in [0.29, 0.717) is 64.7 Å². The summed E-state index contributed by atoms with van der Waals surface area (Å²) in [6.45, 7) is 6.41. The molecule has 410 valence electrons. The van der Waals surface area contributed by atoms with Gasteiger partial charge in [0.15, 0.2) is 0 Å². The van der Waals surface area contributed by atoms with Gasteiger partial charge < -0.3 is 41.7 Å². The molecule has 0 spiro atoms. The van der Waals surface area contributed by atoms with Crippen molar-refractivity contribution in [2.45, 2.75) is 126 Å². The summed E-state index contributed by atoms with van der Waals surface area (Å²) in [4.78, 5) is 93.5. The lowest BCUT2D eigenvalue weighted by molar-refractivity contribution is -0.145. The summed E-state index contributed by atoms with van der Waals surface area (Å²) in [5.74, 6) is -1.54. The largest absolute Gasteiger partial charge is 0.343 e. The lowest BCUT2D eigenvalue weighted by Gasteiger charge is -2.39. The Morgan fingerprint density at radius 2 is 0.782 bits per heavy atom. The second-order valence-corrected chi connectivity index (χ2v) is 21.5. The molecule has 0 aliphatic carbocycles. The second kappa shape index (κ2) is 25.9. The van der Waals surface area contributed by atoms with Crippen molar-refractivity contribution in [2.24, 2.45) is 0 Å². The van der Waals surface area contributed by atoms with Gasteiger partial charge in [-0.05, 0) is 99.8 Å². The molecule has 0 saturated carbocycles. The molecule has 0 radical (unpaired) electrons. The third-order valence-electron chi connectivity index (χ3n) is 16.4. The van der Waals surface area contributed by atoms with E-state index < -0.39 is 48.3 Å². The maximum atomic E-state index is 14.9. The number of nitrogens with zero attached hydrogens (tertiary/aromatic N) is 4. The van der Waals surface area contributed by atoms with E-state index in [1.54, 1.807) is 37.7 Å². The normalized spacial score (nSPS) is 22.8. The van der Waals surface area contributed by atoms with Gasteiger partial charge in [0.2, 0.25) is 35.4 Å². The Kier molecular flexibility index (Phi) is 18.5. The van der Waals surface area contributed by atoms with E-state index in [-0.39, 0.29) is 60.6 Å². The molecule has 4 aliphatic rings. The van der Waals surface area contributed by atoms with Gasteiger partial charge in [-0.3, -0.25) is 38.6 Å². The molecule has 78 heavy (non-hydrogen) atoms. The van der Waals surface area contributed by atoms with E-state index >= 15 is 0 Å². The average Bonchev–Trinajstić information content (AvgIpc) is 4.11. The minimum absolute atomic E-state index is 0.183. The summed E-state index contributed by atoms with van der Waals surface area (Å²) in [6.07, 6.45) is 3.71. The summed E-state index contributed by atoms with van der Waals surface area (Å²) in [6, 6.07) is 42.3. The first kappa shape index (κ1) is 55.5. The fourth-order valence-corrected chi connectivity index (χ4v) is 11.8. The number of nitrogens with one attached hydrogen (secondary N) is 6. The molecule has 5 aromatic rings. The molecule has 6 N–H and O–H groups in total. The van der Waals surface area contributed by atoms with Crippen molar-refractivity contribution in [3.63, 3.8) is 0 Å². The van der Waals surface area contributed by atoms with Gasteiger partial charge in [-0.1, -0.05) is 146 Å². The van der Waals surface area contributed by atoms with Crippen LogP contribution < -0.4 is 31.9 Å². The van der Waals surface area contributed by atoms with Gasteiger partial charge in [0.1, 0.15) is 24.2 Å². The highest BCUT2D eigenvalue weighted by molar-refractivity contribution is 5.95. The Labute approximate surface area is 459 Å². The quantitative estimate of drug-likeness (QED) is 0.0712. The lowest BCUT2D eigenvalue weighted by atomic mass is 9.98. The Morgan fingerprint density at radius 3 is 1.09 bits per heavy atom. The van der Waals surface area contributed by atoms with Crippen LogP contribution in [-0.4, -0.2) is 144 Å². The zero-order valence-corrected chi connectivity index (χ0v) is 45.4. The lowest BCUT2D eigenvalue weighted by Crippen LogP contribution is -2.61. The molecule has 9 rings (SSSR count). The van der Waals surface area contributed by atoms with Crippen molar-refractivity contribution in [3.05, 3.63) is 179 Å². The van der Waals surface area contributed by atoms with Crippen LogP contribution in [0.2, 0.25) is 0 Å². The summed E-state index contributed by atoms with van der Waals surface area (Å²) in [5, 5.41) is 18.7. The molecule has 5 aromatic carbocycles. The van der Waals surface area contributed by atoms with E-state index in [9.17, 15) is 28.8 Å². The number of hydrogen-bond donors (Lipinski definition) is 6. The van der Waals surface area contributed by atoms with Crippen molar-refractivity contribution >= 4 is 35.4 Å². The van der Waals surface area contributed by atoms with Crippen molar-refractivity contribution < 1.29 is 28.8 Å². The van der Waals surface area contributed by atoms with Crippen LogP contribution in [0.25, 0.3) is 0 Å². The van der Waals surface area contributed by atoms with Crippen LogP contribution in [-0.2, 0) is 41.9 Å². The SMILES string of the molecule is CN[C@@H](C)C(=O)N[C@H]1CN(Cc2ccc(CN3CC[C@H]4CC[C@@H](C(=O)NC(c5ccccc5)c5ccccc5)N4C(=O)[C@@H](NC(=O)[C@H](C)NC)C3)cc2)CC[C@H]2CCC(C(=O)NC(c3ccccc3)c3ccccc3)N2C1=O. The maximum Gasteiger partial charge on any atom is 0.247 e. The minimum atomic E-state index is -0.886. The third-order valence-corrected chi connectivity index (χ3v) is 16.4. The molecule has 16 heteroatoms. The number of carbonyl (C=O) groups is 6. The number of carbonyl (C=O) groups excluding carboxylic acids is 6. The van der Waals surface area contributed by atoms with Gasteiger partial charge in [-0.25, -0.2) is 0 Å². The Bertz CT molecular complexity index is 2560. The average molecular weight is 1060 g/mol. The topological polar surface area (TPSA) is 188 Å². The fraction of sp³-hybridized carbons (Fsp3) is 0.419. The van der Waals surface area contributed by atoms with Crippen LogP contribution in [0.15, 0.2) is 146 Å². The Balaban J connectivity index is 0.875. The molecule has 1 unspecified atom stereocenters. The first-order valence-electron chi connectivity index (χ1n) is 27.8. The second-order valence-electron chi connectivity index (χ2n) is 21.5. The molecule has 0 aromatic heterocycles. The van der Waals surface area contributed by atoms with E-state index in [0.717, 1.165) is 33.4 Å². The molecule has 4 saturated heterocycles. The van der Waals surface area contributed by atoms with Crippen molar-refractivity contribution in [3.8, 4) is 0 Å². The molecular weight excluding hydrogens is 981 g/mol. The van der Waals surface area contributed by atoms with Gasteiger partial charge in [-0.15, -0.1) is 0 Å². The van der Waals surface area contributed by atoms with Crippen molar-refractivity contribution in [1.29, 1.82) is 0 Å². The van der Waals surface area contributed by atoms with Gasteiger partial charge in [0.05, 0.1) is 24.2 Å². The van der Waals surface area contributed by atoms with Crippen molar-refractivity contribution in [1.82, 2.24) is 51.5 Å². The van der Waals surface area contributed by atoms with Crippen LogP contribution in [0.4, 0.5) is 0 Å². The predicted molar refractivity (Wildman–Crippen MR) is 300 cm³/mol. The number of rotatable bonds is 18. The molecule has 0 bridgehead atoms. The molecule has 16 nitrogen and oxygen atoms in total. The van der Waals surface area contributed by atoms with Crippen LogP contribution >= 0.6 is 0 Å². The van der Waals surface area contributed by atoms with Gasteiger partial charge in [0.25, 0.3) is 0 Å². The highest BCUT2D eigenvalue weighted by atomic mass is 16.2. The molecule has 4 heterocycles. The Hall–Kier alpha value is -7.24. The smallest absolute Gasteiger partial charge is 0.247 e. The zero-order valence-electron chi connectivity index (χ0n) is 45.4. The highest BCUT2D eigenvalue weighted by Crippen LogP contribution is 2.34. The Morgan fingerprint density at radius 1 is 0.462 bits per heavy atom. The number of benzene rings is 5. The van der Waals surface area contributed by atoms with E-state index in [4.69, 9.17) is 0 Å². The summed E-state index contributed by atoms with van der Waals surface area (Å²) >= 11 is 0. The standard InChI is InChI=1S/C62H76N10O6/c1-41(63-3)57(73)65-51-39-69(35-33-49-29-31-53(71(49)61(51)77)59(75)67-55(45-17-9-5-10-18-45)46-19-11-6-12-20-46)37-43-25-27-44(28-26-43)38-70-36-34-50-30-32-54(72(50)62(78)52(40-70)66-58(74)42(2)64-4)60(76)68-56(47-21-13-7-14-22-47)48-23-15-8-16-24-48/h5-28,41-42,49-56,63-64H,29-40H2,1-4H3,(H,65,73)(H,66,74)(H,67,75)(H,68,76)/t41-,42-,49+,50+,51-,52-,53-,54?/m0/s1.